The van der Waals surface area contributed by atoms with Gasteiger partial charge in [0.05, 0.1) is 23.9 Å². The van der Waals surface area contributed by atoms with E-state index in [-0.39, 0.29) is 5.91 Å². The second-order valence-electron chi connectivity index (χ2n) is 7.33. The standard InChI is InChI=1S/C23H20N4O2S/c1-29-16-11-9-14(10-12-16)20-13-18(17-7-2-3-8-19(17)24-20)21(28)25-23-27-26-22(30-23)15-5-4-6-15/h2-3,7-13,15H,4-6H2,1H3,(H,25,27,28). The molecule has 0 saturated heterocycles. The van der Waals surface area contributed by atoms with Gasteiger partial charge in [0.2, 0.25) is 5.13 Å². The molecule has 150 valence electrons. The lowest BCUT2D eigenvalue weighted by molar-refractivity contribution is 0.102. The number of rotatable bonds is 5. The third-order valence-electron chi connectivity index (χ3n) is 5.46. The normalized spacial score (nSPS) is 13.8. The maximum atomic E-state index is 13.2. The second-order valence-corrected chi connectivity index (χ2v) is 8.34. The number of amides is 1. The molecule has 0 bridgehead atoms. The van der Waals surface area contributed by atoms with Crippen molar-refractivity contribution in [2.24, 2.45) is 0 Å². The lowest BCUT2D eigenvalue weighted by Crippen LogP contribution is -2.13. The Bertz CT molecular complexity index is 1220. The highest BCUT2D eigenvalue weighted by Crippen LogP contribution is 2.38. The number of pyridine rings is 1. The molecule has 2 aromatic carbocycles. The molecule has 5 rings (SSSR count). The van der Waals surface area contributed by atoms with E-state index in [1.807, 2.05) is 54.6 Å². The highest BCUT2D eigenvalue weighted by atomic mass is 32.1. The molecular weight excluding hydrogens is 396 g/mol. The highest BCUT2D eigenvalue weighted by molar-refractivity contribution is 7.15. The summed E-state index contributed by atoms with van der Waals surface area (Å²) < 4.78 is 5.24. The van der Waals surface area contributed by atoms with Crippen molar-refractivity contribution < 1.29 is 9.53 Å². The summed E-state index contributed by atoms with van der Waals surface area (Å²) >= 11 is 1.47. The predicted octanol–water partition coefficient (Wildman–Crippen LogP) is 5.28. The van der Waals surface area contributed by atoms with Gasteiger partial charge in [0, 0.05) is 16.9 Å². The predicted molar refractivity (Wildman–Crippen MR) is 118 cm³/mol. The number of fused-ring (bicyclic) bond motifs is 1. The van der Waals surface area contributed by atoms with Gasteiger partial charge in [-0.1, -0.05) is 36.0 Å². The van der Waals surface area contributed by atoms with E-state index in [1.54, 1.807) is 7.11 Å². The Morgan fingerprint density at radius 3 is 2.63 bits per heavy atom. The van der Waals surface area contributed by atoms with Crippen LogP contribution in [0.1, 0.15) is 40.5 Å². The minimum Gasteiger partial charge on any atom is -0.497 e. The number of hydrogen-bond acceptors (Lipinski definition) is 6. The number of nitrogens with zero attached hydrogens (tertiary/aromatic N) is 3. The topological polar surface area (TPSA) is 77.0 Å². The fourth-order valence-corrected chi connectivity index (χ4v) is 4.45. The zero-order chi connectivity index (χ0) is 20.5. The summed E-state index contributed by atoms with van der Waals surface area (Å²) in [4.78, 5) is 17.9. The Balaban J connectivity index is 1.50. The quantitative estimate of drug-likeness (QED) is 0.479. The van der Waals surface area contributed by atoms with E-state index >= 15 is 0 Å². The van der Waals surface area contributed by atoms with Gasteiger partial charge in [0.25, 0.3) is 5.91 Å². The average molecular weight is 417 g/mol. The Morgan fingerprint density at radius 1 is 1.10 bits per heavy atom. The van der Waals surface area contributed by atoms with Crippen LogP contribution in [0.15, 0.2) is 54.6 Å². The molecule has 1 aliphatic carbocycles. The van der Waals surface area contributed by atoms with Crippen molar-refractivity contribution in [3.05, 3.63) is 65.2 Å². The molecule has 7 heteroatoms. The molecule has 0 atom stereocenters. The number of benzene rings is 2. The summed E-state index contributed by atoms with van der Waals surface area (Å²) in [6.45, 7) is 0. The van der Waals surface area contributed by atoms with Crippen LogP contribution in [0, 0.1) is 0 Å². The first kappa shape index (κ1) is 18.7. The van der Waals surface area contributed by atoms with Gasteiger partial charge in [-0.05, 0) is 49.2 Å². The number of methoxy groups -OCH3 is 1. The van der Waals surface area contributed by atoms with Crippen molar-refractivity contribution >= 4 is 33.3 Å². The molecule has 1 aliphatic rings. The Morgan fingerprint density at radius 2 is 1.90 bits per heavy atom. The van der Waals surface area contributed by atoms with Crippen LogP contribution in [-0.2, 0) is 0 Å². The molecule has 0 spiro atoms. The second kappa shape index (κ2) is 7.84. The van der Waals surface area contributed by atoms with Crippen molar-refractivity contribution in [3.8, 4) is 17.0 Å². The van der Waals surface area contributed by atoms with Crippen molar-refractivity contribution in [2.75, 3.05) is 12.4 Å². The van der Waals surface area contributed by atoms with E-state index in [9.17, 15) is 4.79 Å². The molecule has 0 aliphatic heterocycles. The maximum Gasteiger partial charge on any atom is 0.258 e. The molecule has 2 heterocycles. The van der Waals surface area contributed by atoms with Crippen molar-refractivity contribution in [3.63, 3.8) is 0 Å². The van der Waals surface area contributed by atoms with Gasteiger partial charge in [-0.3, -0.25) is 10.1 Å². The van der Waals surface area contributed by atoms with E-state index in [0.717, 1.165) is 45.8 Å². The van der Waals surface area contributed by atoms with Crippen LogP contribution in [-0.4, -0.2) is 28.2 Å². The molecule has 0 radical (unpaired) electrons. The zero-order valence-electron chi connectivity index (χ0n) is 16.5. The largest absolute Gasteiger partial charge is 0.497 e. The summed E-state index contributed by atoms with van der Waals surface area (Å²) in [5.41, 5.74) is 2.97. The number of hydrogen-bond donors (Lipinski definition) is 1. The van der Waals surface area contributed by atoms with Gasteiger partial charge in [-0.15, -0.1) is 10.2 Å². The summed E-state index contributed by atoms with van der Waals surface area (Å²) in [5, 5.41) is 13.7. The first-order chi connectivity index (χ1) is 14.7. The number of carbonyl (C=O) groups is 1. The smallest absolute Gasteiger partial charge is 0.258 e. The molecule has 4 aromatic rings. The molecule has 30 heavy (non-hydrogen) atoms. The van der Waals surface area contributed by atoms with Crippen LogP contribution in [0.3, 0.4) is 0 Å². The van der Waals surface area contributed by atoms with Gasteiger partial charge in [0.15, 0.2) is 0 Å². The fraction of sp³-hybridized carbons (Fsp3) is 0.217. The number of anilines is 1. The third-order valence-corrected chi connectivity index (χ3v) is 6.46. The van der Waals surface area contributed by atoms with Crippen LogP contribution < -0.4 is 10.1 Å². The van der Waals surface area contributed by atoms with E-state index in [4.69, 9.17) is 9.72 Å². The van der Waals surface area contributed by atoms with Gasteiger partial charge >= 0.3 is 0 Å². The molecule has 1 fully saturated rings. The minimum atomic E-state index is -0.209. The summed E-state index contributed by atoms with van der Waals surface area (Å²) in [5.74, 6) is 1.06. The van der Waals surface area contributed by atoms with E-state index in [2.05, 4.69) is 15.5 Å². The van der Waals surface area contributed by atoms with Gasteiger partial charge in [0.1, 0.15) is 10.8 Å². The van der Waals surface area contributed by atoms with Crippen molar-refractivity contribution in [2.45, 2.75) is 25.2 Å². The average Bonchev–Trinajstić information content (AvgIpc) is 3.19. The van der Waals surface area contributed by atoms with Crippen LogP contribution in [0.4, 0.5) is 5.13 Å². The number of aromatic nitrogens is 3. The Hall–Kier alpha value is -3.32. The van der Waals surface area contributed by atoms with Crippen molar-refractivity contribution in [1.82, 2.24) is 15.2 Å². The van der Waals surface area contributed by atoms with Crippen LogP contribution >= 0.6 is 11.3 Å². The number of para-hydroxylation sites is 1. The van der Waals surface area contributed by atoms with E-state index in [1.165, 1.54) is 17.8 Å². The number of carbonyl (C=O) groups excluding carboxylic acids is 1. The molecule has 6 nitrogen and oxygen atoms in total. The van der Waals surface area contributed by atoms with Crippen LogP contribution in [0.5, 0.6) is 5.75 Å². The lowest BCUT2D eigenvalue weighted by atomic mass is 9.86. The molecule has 1 amide bonds. The molecule has 2 aromatic heterocycles. The van der Waals surface area contributed by atoms with E-state index < -0.39 is 0 Å². The number of ether oxygens (including phenoxy) is 1. The minimum absolute atomic E-state index is 0.209. The fourth-order valence-electron chi connectivity index (χ4n) is 3.54. The molecule has 1 N–H and O–H groups in total. The number of nitrogens with one attached hydrogen (secondary N) is 1. The lowest BCUT2D eigenvalue weighted by Gasteiger charge is -2.21. The molecule has 0 unspecified atom stereocenters. The van der Waals surface area contributed by atoms with Crippen LogP contribution in [0.2, 0.25) is 0 Å². The summed E-state index contributed by atoms with van der Waals surface area (Å²) in [6, 6.07) is 17.1. The van der Waals surface area contributed by atoms with Gasteiger partial charge < -0.3 is 4.74 Å². The van der Waals surface area contributed by atoms with Crippen molar-refractivity contribution in [1.29, 1.82) is 0 Å². The summed E-state index contributed by atoms with van der Waals surface area (Å²) in [7, 11) is 1.63. The summed E-state index contributed by atoms with van der Waals surface area (Å²) in [6.07, 6.45) is 3.55. The van der Waals surface area contributed by atoms with E-state index in [0.29, 0.717) is 16.6 Å². The Labute approximate surface area is 178 Å². The maximum absolute atomic E-state index is 13.2. The Kier molecular flexibility index (Phi) is 4.88. The highest BCUT2D eigenvalue weighted by Gasteiger charge is 2.24. The monoisotopic (exact) mass is 416 g/mol. The van der Waals surface area contributed by atoms with Gasteiger partial charge in [-0.25, -0.2) is 4.98 Å². The first-order valence-electron chi connectivity index (χ1n) is 9.90. The third kappa shape index (κ3) is 3.52. The first-order valence-corrected chi connectivity index (χ1v) is 10.7. The molecule has 1 saturated carbocycles. The molecular formula is C23H20N4O2S. The van der Waals surface area contributed by atoms with Crippen LogP contribution in [0.25, 0.3) is 22.2 Å². The SMILES string of the molecule is COc1ccc(-c2cc(C(=O)Nc3nnc(C4CCC4)s3)c3ccccc3n2)cc1. The van der Waals surface area contributed by atoms with Gasteiger partial charge in [-0.2, -0.15) is 0 Å². The zero-order valence-corrected chi connectivity index (χ0v) is 17.3.